The fraction of sp³-hybridized carbons (Fsp3) is 0.0894. The molecule has 0 saturated carbocycles. The van der Waals surface area contributed by atoms with Gasteiger partial charge in [0.1, 0.15) is 0 Å². The van der Waals surface area contributed by atoms with Gasteiger partial charge in [-0.25, -0.2) is 0 Å². The van der Waals surface area contributed by atoms with Gasteiger partial charge in [0.2, 0.25) is 0 Å². The molecule has 131 heavy (non-hydrogen) atoms. The molecule has 24 aromatic carbocycles. The minimum atomic E-state index is -0.644. The Hall–Kier alpha value is -16.2. The van der Waals surface area contributed by atoms with Crippen LogP contribution in [0.4, 0.5) is 68.2 Å². The molecule has 0 radical (unpaired) electrons. The monoisotopic (exact) mass is 1690 g/mol. The molecule has 0 amide bonds. The van der Waals surface area contributed by atoms with E-state index < -0.39 is 5.41 Å². The van der Waals surface area contributed by atoms with Gasteiger partial charge in [-0.2, -0.15) is 0 Å². The summed E-state index contributed by atoms with van der Waals surface area (Å²) < 4.78 is 29.2. The molecule has 8 nitrogen and oxygen atoms in total. The molecule has 0 fully saturated rings. The summed E-state index contributed by atoms with van der Waals surface area (Å²) in [6.45, 7) is 13.4. The third kappa shape index (κ3) is 11.6. The molecule has 0 N–H and O–H groups in total. The molecule has 626 valence electrons. The van der Waals surface area contributed by atoms with Crippen molar-refractivity contribution in [3.8, 4) is 56.4 Å². The van der Waals surface area contributed by atoms with E-state index in [9.17, 15) is 0 Å². The first-order valence-electron chi connectivity index (χ1n) is 45.2. The van der Waals surface area contributed by atoms with Crippen LogP contribution in [-0.2, 0) is 5.41 Å². The van der Waals surface area contributed by atoms with Gasteiger partial charge < -0.3 is 38.5 Å². The summed E-state index contributed by atoms with van der Waals surface area (Å²) in [6.07, 6.45) is 0. The van der Waals surface area contributed by atoms with Crippen LogP contribution in [0.1, 0.15) is 47.2 Å². The van der Waals surface area contributed by atoms with E-state index in [4.69, 9.17) is 18.9 Å². The second kappa shape index (κ2) is 29.5. The van der Waals surface area contributed by atoms with Gasteiger partial charge in [-0.3, -0.25) is 0 Å². The number of aryl methyl sites for hydroxylation is 4. The highest BCUT2D eigenvalue weighted by atomic mass is 16.5. The summed E-state index contributed by atoms with van der Waals surface area (Å²) in [5, 5.41) is 28.5. The van der Waals surface area contributed by atoms with Crippen molar-refractivity contribution in [3.05, 3.63) is 397 Å². The highest BCUT2D eigenvalue weighted by Gasteiger charge is 2.40. The first kappa shape index (κ1) is 77.2. The van der Waals surface area contributed by atoms with Gasteiger partial charge in [0.15, 0.2) is 23.0 Å². The highest BCUT2D eigenvalue weighted by molar-refractivity contribution is 6.31. The molecule has 1 aliphatic carbocycles. The Kier molecular flexibility index (Phi) is 17.4. The van der Waals surface area contributed by atoms with Crippen molar-refractivity contribution in [2.24, 2.45) is 0 Å². The summed E-state index contributed by atoms with van der Waals surface area (Å²) in [4.78, 5) is 9.73. The van der Waals surface area contributed by atoms with Crippen LogP contribution in [0.2, 0.25) is 0 Å². The lowest BCUT2D eigenvalue weighted by molar-refractivity contribution is 0.399. The van der Waals surface area contributed by atoms with Gasteiger partial charge in [0.25, 0.3) is 0 Å². The average Bonchev–Trinajstić information content (AvgIpc) is 1.15. The normalized spacial score (nSPS) is 12.6. The number of ether oxygens (including phenoxy) is 4. The quantitative estimate of drug-likeness (QED) is 0.0788. The molecular formula is C123H90N4O4. The van der Waals surface area contributed by atoms with E-state index in [-0.39, 0.29) is 0 Å². The first-order chi connectivity index (χ1) is 64.2. The van der Waals surface area contributed by atoms with E-state index in [0.29, 0.717) is 23.0 Å². The molecule has 24 aromatic rings. The molecule has 0 bridgehead atoms. The molecule has 0 saturated heterocycles. The lowest BCUT2D eigenvalue weighted by Crippen LogP contribution is -2.17. The van der Waals surface area contributed by atoms with Crippen LogP contribution in [0, 0.1) is 27.7 Å². The van der Waals surface area contributed by atoms with E-state index in [1.807, 2.05) is 28.4 Å². The lowest BCUT2D eigenvalue weighted by Gasteiger charge is -2.34. The maximum atomic E-state index is 7.30. The summed E-state index contributed by atoms with van der Waals surface area (Å²) in [6, 6.07) is 136. The van der Waals surface area contributed by atoms with Gasteiger partial charge >= 0.3 is 0 Å². The second-order valence-electron chi connectivity index (χ2n) is 36.3. The molecule has 0 heterocycles. The van der Waals surface area contributed by atoms with Crippen LogP contribution in [0.3, 0.4) is 0 Å². The number of hydrogen-bond donors (Lipinski definition) is 0. The van der Waals surface area contributed by atoms with E-state index in [1.165, 1.54) is 108 Å². The van der Waals surface area contributed by atoms with Crippen molar-refractivity contribution in [1.29, 1.82) is 0 Å². The second-order valence-corrected chi connectivity index (χ2v) is 36.3. The Morgan fingerprint density at radius 1 is 0.198 bits per heavy atom. The standard InChI is InChI=1S/C123H90N4O4/c1-71-23-49-89(50-24-71)124(101-63-45-83-35-31-75-15-11-19-79-39-59-95(101)113(83)109(75)79)105-69-106(125(90-51-25-72(2)26-52-90)102-64-46-84-36-32-76-16-12-20-80-40-60-96(102)114(84)110(76)80)120(129-8)117(119(105)128-7)87-43-57-93-94-58-44-88(68-100(94)123(5,6)99(93)67-87)118-121(130-9)107(126(91-53-27-73(3)28-54-91)103-65-47-85-37-33-77-17-13-21-81-41-61-97(103)115(85)111(77)81)70-108(122(118)131-10)127(92-55-29-74(4)30-56-92)104-66-48-86-38-34-78-18-14-22-82-42-62-98(104)116(86)112(78)82/h11-70H,1-10H3. The molecule has 0 atom stereocenters. The number of nitrogens with zero attached hydrogens (tertiary/aromatic N) is 4. The van der Waals surface area contributed by atoms with Crippen LogP contribution in [0.5, 0.6) is 23.0 Å². The third-order valence-corrected chi connectivity index (χ3v) is 28.6. The number of anilines is 12. The van der Waals surface area contributed by atoms with Crippen molar-refractivity contribution in [3.63, 3.8) is 0 Å². The zero-order chi connectivity index (χ0) is 88.1. The fourth-order valence-electron chi connectivity index (χ4n) is 22.4. The van der Waals surface area contributed by atoms with Crippen molar-refractivity contribution in [1.82, 2.24) is 0 Å². The van der Waals surface area contributed by atoms with Crippen LogP contribution in [0.25, 0.3) is 163 Å². The van der Waals surface area contributed by atoms with Crippen molar-refractivity contribution >= 4 is 198 Å². The van der Waals surface area contributed by atoms with Gasteiger partial charge in [-0.15, -0.1) is 0 Å². The summed E-state index contributed by atoms with van der Waals surface area (Å²) in [7, 11) is 7.30. The van der Waals surface area contributed by atoms with E-state index in [1.54, 1.807) is 0 Å². The van der Waals surface area contributed by atoms with E-state index in [2.05, 4.69) is 425 Å². The fourth-order valence-corrected chi connectivity index (χ4v) is 22.4. The minimum Gasteiger partial charge on any atom is -0.494 e. The molecule has 8 heteroatoms. The molecule has 0 aromatic heterocycles. The maximum absolute atomic E-state index is 7.30. The lowest BCUT2D eigenvalue weighted by atomic mass is 9.80. The number of methoxy groups -OCH3 is 4. The summed E-state index contributed by atoms with van der Waals surface area (Å²) in [5.74, 6) is 2.57. The summed E-state index contributed by atoms with van der Waals surface area (Å²) >= 11 is 0. The Labute approximate surface area is 760 Å². The molecule has 25 rings (SSSR count). The van der Waals surface area contributed by atoms with Crippen LogP contribution in [0.15, 0.2) is 364 Å². The van der Waals surface area contributed by atoms with Crippen molar-refractivity contribution in [2.45, 2.75) is 47.0 Å². The molecule has 0 unspecified atom stereocenters. The largest absolute Gasteiger partial charge is 0.494 e. The zero-order valence-electron chi connectivity index (χ0n) is 74.6. The SMILES string of the molecule is COc1c(N(c2ccc(C)cc2)c2ccc3ccc4cccc5ccc2c3c45)cc(N(c2ccc(C)cc2)c2ccc3ccc4cccc5ccc2c3c45)c(OC)c1-c1ccc2c(c1)C(C)(C)c1cc(-c3c(OC)c(N(c4ccc(C)cc4)c4ccc5ccc6cccc7ccc4c5c67)cc(N(c4ccc(C)cc4)c4ccc5ccc6cccc7ccc4c5c67)c3OC)ccc1-2. The van der Waals surface area contributed by atoms with Gasteiger partial charge in [-0.05, 0) is 266 Å². The third-order valence-electron chi connectivity index (χ3n) is 28.6. The predicted molar refractivity (Wildman–Crippen MR) is 554 cm³/mol. The highest BCUT2D eigenvalue weighted by Crippen LogP contribution is 2.63. The Morgan fingerprint density at radius 2 is 0.405 bits per heavy atom. The minimum absolute atomic E-state index is 0.644. The Balaban J connectivity index is 0.736. The molecular weight excluding hydrogens is 1600 g/mol. The van der Waals surface area contributed by atoms with Gasteiger partial charge in [0.05, 0.1) is 85.1 Å². The number of rotatable bonds is 18. The first-order valence-corrected chi connectivity index (χ1v) is 45.2. The van der Waals surface area contributed by atoms with Crippen molar-refractivity contribution < 1.29 is 18.9 Å². The average molecular weight is 1690 g/mol. The van der Waals surface area contributed by atoms with E-state index in [0.717, 1.165) is 157 Å². The zero-order valence-corrected chi connectivity index (χ0v) is 74.6. The number of fused-ring (bicyclic) bond motifs is 3. The smallest absolute Gasteiger partial charge is 0.154 e. The molecule has 0 aliphatic heterocycles. The summed E-state index contributed by atoms with van der Waals surface area (Å²) in [5.41, 5.74) is 23.1. The van der Waals surface area contributed by atoms with Gasteiger partial charge in [-0.1, -0.05) is 303 Å². The Bertz CT molecular complexity index is 7780. The molecule has 1 aliphatic rings. The molecule has 0 spiro atoms. The number of benzene rings is 24. The van der Waals surface area contributed by atoms with E-state index >= 15 is 0 Å². The van der Waals surface area contributed by atoms with Crippen molar-refractivity contribution in [2.75, 3.05) is 48.0 Å². The Morgan fingerprint density at radius 3 is 0.626 bits per heavy atom. The maximum Gasteiger partial charge on any atom is 0.154 e. The topological polar surface area (TPSA) is 49.9 Å². The number of hydrogen-bond acceptors (Lipinski definition) is 8. The predicted octanol–water partition coefficient (Wildman–Crippen LogP) is 34.1. The van der Waals surface area contributed by atoms with Crippen LogP contribution in [-0.4, -0.2) is 28.4 Å². The van der Waals surface area contributed by atoms with Crippen LogP contribution < -0.4 is 38.5 Å². The van der Waals surface area contributed by atoms with Crippen LogP contribution >= 0.6 is 0 Å². The van der Waals surface area contributed by atoms with Gasteiger partial charge in [0, 0.05) is 49.7 Å².